The summed E-state index contributed by atoms with van der Waals surface area (Å²) < 4.78 is 0. The Hall–Kier alpha value is -0.490. The SMILES string of the molecule is CC.Cc1c(C(C)C)cc(Cl)cc1C(C)C. The lowest BCUT2D eigenvalue weighted by atomic mass is 9.90. The van der Waals surface area contributed by atoms with Crippen molar-refractivity contribution in [3.8, 4) is 0 Å². The molecule has 0 heterocycles. The van der Waals surface area contributed by atoms with Crippen molar-refractivity contribution in [1.29, 1.82) is 0 Å². The van der Waals surface area contributed by atoms with Gasteiger partial charge in [0.1, 0.15) is 0 Å². The quantitative estimate of drug-likeness (QED) is 0.602. The Labute approximate surface area is 106 Å². The zero-order chi connectivity index (χ0) is 12.9. The van der Waals surface area contributed by atoms with Gasteiger partial charge < -0.3 is 0 Å². The van der Waals surface area contributed by atoms with Crippen LogP contribution in [0.1, 0.15) is 70.1 Å². The molecule has 0 radical (unpaired) electrons. The third-order valence-corrected chi connectivity index (χ3v) is 2.92. The monoisotopic (exact) mass is 240 g/mol. The van der Waals surface area contributed by atoms with Gasteiger partial charge in [-0.25, -0.2) is 0 Å². The fraction of sp³-hybridized carbons (Fsp3) is 0.600. The van der Waals surface area contributed by atoms with E-state index in [9.17, 15) is 0 Å². The Kier molecular flexibility index (Phi) is 6.74. The van der Waals surface area contributed by atoms with Gasteiger partial charge in [0.25, 0.3) is 0 Å². The van der Waals surface area contributed by atoms with E-state index >= 15 is 0 Å². The Morgan fingerprint density at radius 2 is 1.19 bits per heavy atom. The van der Waals surface area contributed by atoms with Crippen LogP contribution in [-0.4, -0.2) is 0 Å². The van der Waals surface area contributed by atoms with Crippen LogP contribution >= 0.6 is 11.6 Å². The number of hydrogen-bond donors (Lipinski definition) is 0. The molecule has 0 unspecified atom stereocenters. The van der Waals surface area contributed by atoms with E-state index < -0.39 is 0 Å². The molecular formula is C15H25Cl. The molecule has 0 aliphatic heterocycles. The molecule has 1 heteroatoms. The highest BCUT2D eigenvalue weighted by Crippen LogP contribution is 2.30. The predicted octanol–water partition coefficient (Wildman–Crippen LogP) is 5.92. The van der Waals surface area contributed by atoms with Crippen LogP contribution in [0.4, 0.5) is 0 Å². The lowest BCUT2D eigenvalue weighted by Crippen LogP contribution is -1.99. The van der Waals surface area contributed by atoms with Crippen LogP contribution in [0.2, 0.25) is 5.02 Å². The summed E-state index contributed by atoms with van der Waals surface area (Å²) in [6.07, 6.45) is 0. The molecule has 0 spiro atoms. The maximum absolute atomic E-state index is 6.11. The van der Waals surface area contributed by atoms with Crippen molar-refractivity contribution in [2.45, 2.75) is 60.3 Å². The van der Waals surface area contributed by atoms with Gasteiger partial charge in [-0.05, 0) is 47.6 Å². The first-order chi connectivity index (χ1) is 7.43. The molecule has 16 heavy (non-hydrogen) atoms. The first-order valence-electron chi connectivity index (χ1n) is 6.23. The molecule has 0 N–H and O–H groups in total. The smallest absolute Gasteiger partial charge is 0.0411 e. The maximum Gasteiger partial charge on any atom is 0.0411 e. The number of rotatable bonds is 2. The van der Waals surface area contributed by atoms with Crippen molar-refractivity contribution in [3.05, 3.63) is 33.8 Å². The second-order valence-corrected chi connectivity index (χ2v) is 4.96. The molecule has 0 aliphatic carbocycles. The van der Waals surface area contributed by atoms with E-state index in [2.05, 4.69) is 46.8 Å². The predicted molar refractivity (Wildman–Crippen MR) is 75.7 cm³/mol. The maximum atomic E-state index is 6.11. The topological polar surface area (TPSA) is 0 Å². The molecule has 1 aromatic carbocycles. The Balaban J connectivity index is 0.00000106. The molecule has 1 aromatic rings. The second-order valence-electron chi connectivity index (χ2n) is 4.52. The molecule has 0 saturated carbocycles. The standard InChI is InChI=1S/C13H19Cl.C2H6/c1-8(2)12-6-11(14)7-13(9(3)4)10(12)5;1-2/h6-9H,1-5H3;1-2H3. The molecule has 1 rings (SSSR count). The minimum atomic E-state index is 0.547. The summed E-state index contributed by atoms with van der Waals surface area (Å²) >= 11 is 6.11. The minimum Gasteiger partial charge on any atom is -0.0843 e. The van der Waals surface area contributed by atoms with Gasteiger partial charge >= 0.3 is 0 Å². The van der Waals surface area contributed by atoms with Crippen molar-refractivity contribution in [3.63, 3.8) is 0 Å². The van der Waals surface area contributed by atoms with E-state index in [0.717, 1.165) is 5.02 Å². The van der Waals surface area contributed by atoms with Gasteiger partial charge in [-0.1, -0.05) is 53.1 Å². The summed E-state index contributed by atoms with van der Waals surface area (Å²) in [5.74, 6) is 1.09. The van der Waals surface area contributed by atoms with Crippen LogP contribution < -0.4 is 0 Å². The van der Waals surface area contributed by atoms with E-state index in [-0.39, 0.29) is 0 Å². The average molecular weight is 241 g/mol. The van der Waals surface area contributed by atoms with Gasteiger partial charge in [0.05, 0.1) is 0 Å². The molecule has 0 aromatic heterocycles. The van der Waals surface area contributed by atoms with Gasteiger partial charge in [0.15, 0.2) is 0 Å². The summed E-state index contributed by atoms with van der Waals surface area (Å²) in [6, 6.07) is 4.18. The highest BCUT2D eigenvalue weighted by Gasteiger charge is 2.11. The molecular weight excluding hydrogens is 216 g/mol. The van der Waals surface area contributed by atoms with Crippen LogP contribution in [0.15, 0.2) is 12.1 Å². The zero-order valence-electron chi connectivity index (χ0n) is 11.7. The van der Waals surface area contributed by atoms with Gasteiger partial charge in [-0.3, -0.25) is 0 Å². The van der Waals surface area contributed by atoms with Crippen LogP contribution in [-0.2, 0) is 0 Å². The number of benzene rings is 1. The van der Waals surface area contributed by atoms with Crippen molar-refractivity contribution >= 4 is 11.6 Å². The first kappa shape index (κ1) is 15.5. The Bertz CT molecular complexity index is 295. The fourth-order valence-corrected chi connectivity index (χ4v) is 2.16. The van der Waals surface area contributed by atoms with E-state index in [0.29, 0.717) is 11.8 Å². The van der Waals surface area contributed by atoms with Crippen LogP contribution in [0.25, 0.3) is 0 Å². The van der Waals surface area contributed by atoms with Crippen molar-refractivity contribution < 1.29 is 0 Å². The van der Waals surface area contributed by atoms with Crippen LogP contribution in [0.5, 0.6) is 0 Å². The van der Waals surface area contributed by atoms with Crippen molar-refractivity contribution in [1.82, 2.24) is 0 Å². The van der Waals surface area contributed by atoms with E-state index in [1.54, 1.807) is 0 Å². The lowest BCUT2D eigenvalue weighted by Gasteiger charge is -2.17. The highest BCUT2D eigenvalue weighted by molar-refractivity contribution is 6.30. The van der Waals surface area contributed by atoms with E-state index in [1.165, 1.54) is 16.7 Å². The lowest BCUT2D eigenvalue weighted by molar-refractivity contribution is 0.817. The summed E-state index contributed by atoms with van der Waals surface area (Å²) in [5.41, 5.74) is 4.15. The average Bonchev–Trinajstić information content (AvgIpc) is 2.23. The molecule has 0 amide bonds. The third kappa shape index (κ3) is 3.83. The normalized spacial score (nSPS) is 10.4. The molecule has 0 fully saturated rings. The molecule has 0 bridgehead atoms. The minimum absolute atomic E-state index is 0.547. The molecule has 0 aliphatic rings. The Morgan fingerprint density at radius 3 is 1.44 bits per heavy atom. The highest BCUT2D eigenvalue weighted by atomic mass is 35.5. The summed E-state index contributed by atoms with van der Waals surface area (Å²) in [5, 5.41) is 0.864. The van der Waals surface area contributed by atoms with Crippen molar-refractivity contribution in [2.24, 2.45) is 0 Å². The van der Waals surface area contributed by atoms with Crippen LogP contribution in [0.3, 0.4) is 0 Å². The molecule has 92 valence electrons. The zero-order valence-corrected chi connectivity index (χ0v) is 12.4. The van der Waals surface area contributed by atoms with E-state index in [4.69, 9.17) is 11.6 Å². The van der Waals surface area contributed by atoms with Crippen molar-refractivity contribution in [2.75, 3.05) is 0 Å². The van der Waals surface area contributed by atoms with Gasteiger partial charge in [-0.2, -0.15) is 0 Å². The number of hydrogen-bond acceptors (Lipinski definition) is 0. The molecule has 0 atom stereocenters. The van der Waals surface area contributed by atoms with E-state index in [1.807, 2.05) is 13.8 Å². The molecule has 0 saturated heterocycles. The second kappa shape index (κ2) is 6.96. The van der Waals surface area contributed by atoms with Gasteiger partial charge in [0.2, 0.25) is 0 Å². The van der Waals surface area contributed by atoms with Crippen LogP contribution in [0, 0.1) is 6.92 Å². The van der Waals surface area contributed by atoms with Gasteiger partial charge in [0, 0.05) is 5.02 Å². The summed E-state index contributed by atoms with van der Waals surface area (Å²) in [4.78, 5) is 0. The Morgan fingerprint density at radius 1 is 0.875 bits per heavy atom. The molecule has 0 nitrogen and oxygen atoms in total. The largest absolute Gasteiger partial charge is 0.0843 e. The third-order valence-electron chi connectivity index (χ3n) is 2.70. The first-order valence-corrected chi connectivity index (χ1v) is 6.61. The summed E-state index contributed by atoms with van der Waals surface area (Å²) in [6.45, 7) is 15.0. The number of halogens is 1. The van der Waals surface area contributed by atoms with Gasteiger partial charge in [-0.15, -0.1) is 0 Å². The summed E-state index contributed by atoms with van der Waals surface area (Å²) in [7, 11) is 0. The fourth-order valence-electron chi connectivity index (χ4n) is 1.92.